The Morgan fingerprint density at radius 2 is 1.74 bits per heavy atom. The first kappa shape index (κ1) is 40.0. The highest BCUT2D eigenvalue weighted by Crippen LogP contribution is 2.37. The predicted molar refractivity (Wildman–Crippen MR) is 224 cm³/mol. The molecule has 4 fully saturated rings. The summed E-state index contributed by atoms with van der Waals surface area (Å²) in [5.41, 5.74) is 3.21. The van der Waals surface area contributed by atoms with Crippen LogP contribution in [0.15, 0.2) is 55.0 Å². The number of hydrogen-bond donors (Lipinski definition) is 3. The minimum atomic E-state index is -1.26. The maximum atomic E-state index is 13.5. The van der Waals surface area contributed by atoms with Crippen LogP contribution >= 0.6 is 0 Å². The molecule has 4 aliphatic rings. The highest BCUT2D eigenvalue weighted by molar-refractivity contribution is 6.05. The molecule has 17 nitrogen and oxygen atoms in total. The quantitative estimate of drug-likeness (QED) is 0.182. The van der Waals surface area contributed by atoms with E-state index in [0.717, 1.165) is 55.4 Å². The Bertz CT molecular complexity index is 2580. The number of imide groups is 1. The summed E-state index contributed by atoms with van der Waals surface area (Å²) in [7, 11) is 1.54. The number of amides is 4. The van der Waals surface area contributed by atoms with E-state index in [1.165, 1.54) is 10.7 Å². The van der Waals surface area contributed by atoms with Gasteiger partial charge in [-0.15, -0.1) is 0 Å². The number of ether oxygens (including phenoxy) is 1. The molecule has 3 aliphatic heterocycles. The number of methoxy groups -OCH3 is 1. The van der Waals surface area contributed by atoms with Crippen molar-refractivity contribution in [3.63, 3.8) is 0 Å². The zero-order valence-electron chi connectivity index (χ0n) is 34.5. The number of pyridine rings is 1. The minimum Gasteiger partial charge on any atom is -0.495 e. The number of nitrogens with zero attached hydrogens (tertiary/aromatic N) is 9. The van der Waals surface area contributed by atoms with Crippen molar-refractivity contribution in [2.75, 3.05) is 56.6 Å². The lowest BCUT2D eigenvalue weighted by atomic mass is 9.89. The highest BCUT2D eigenvalue weighted by Gasteiger charge is 2.39. The molecular weight excluding hydrogens is 779 g/mol. The second kappa shape index (κ2) is 15.9. The molecule has 5 aromatic rings. The van der Waals surface area contributed by atoms with Crippen molar-refractivity contribution in [2.45, 2.75) is 76.0 Å². The number of nitrogens with one attached hydrogen (secondary N) is 2. The van der Waals surface area contributed by atoms with Crippen LogP contribution in [0.4, 0.5) is 11.4 Å². The summed E-state index contributed by atoms with van der Waals surface area (Å²) in [6.07, 6.45) is 9.80. The largest absolute Gasteiger partial charge is 0.495 e. The summed E-state index contributed by atoms with van der Waals surface area (Å²) in [4.78, 5) is 62.3. The molecule has 9 rings (SSSR count). The van der Waals surface area contributed by atoms with Crippen molar-refractivity contribution in [2.24, 2.45) is 5.92 Å². The molecule has 3 saturated heterocycles. The van der Waals surface area contributed by atoms with E-state index in [1.807, 2.05) is 34.0 Å². The number of rotatable bonds is 9. The third-order valence-corrected chi connectivity index (χ3v) is 12.9. The Morgan fingerprint density at radius 3 is 2.44 bits per heavy atom. The number of benzene rings is 1. The fraction of sp³-hybridized carbons (Fsp3) is 0.455. The van der Waals surface area contributed by atoms with Gasteiger partial charge in [-0.1, -0.05) is 0 Å². The van der Waals surface area contributed by atoms with E-state index >= 15 is 0 Å². The monoisotopic (exact) mass is 827 g/mol. The lowest BCUT2D eigenvalue weighted by molar-refractivity contribution is -0.138. The van der Waals surface area contributed by atoms with Gasteiger partial charge in [0.15, 0.2) is 0 Å². The Morgan fingerprint density at radius 1 is 0.984 bits per heavy atom. The van der Waals surface area contributed by atoms with Gasteiger partial charge in [0.05, 0.1) is 71.0 Å². The van der Waals surface area contributed by atoms with Crippen molar-refractivity contribution < 1.29 is 29.0 Å². The molecule has 17 heteroatoms. The molecule has 0 bridgehead atoms. The minimum absolute atomic E-state index is 0.0870. The summed E-state index contributed by atoms with van der Waals surface area (Å²) in [6, 6.07) is 13.4. The van der Waals surface area contributed by atoms with Crippen LogP contribution in [0.25, 0.3) is 16.4 Å². The molecule has 0 radical (unpaired) electrons. The van der Waals surface area contributed by atoms with Crippen LogP contribution < -0.4 is 20.3 Å². The van der Waals surface area contributed by atoms with E-state index in [2.05, 4.69) is 36.6 Å². The SMILES string of the molecule is COc1cc(N2CC(C(=O)N3CCN(C4CCC(n5cc6cc(NC(=O)c7ccc8cc(C#N)cnn78)c(C(C)(C)O)cc6n5)CC4)CC3)C2)cnc1[C@H]1CCC(=O)NC1=O. The number of carbonyl (C=O) groups excluding carboxylic acids is 4. The van der Waals surface area contributed by atoms with Crippen molar-refractivity contribution in [1.29, 1.82) is 5.26 Å². The second-order valence-electron chi connectivity index (χ2n) is 17.2. The lowest BCUT2D eigenvalue weighted by Gasteiger charge is -2.45. The molecule has 0 spiro atoms. The van der Waals surface area contributed by atoms with Gasteiger partial charge < -0.3 is 25.0 Å². The Balaban J connectivity index is 0.776. The number of hydrogen-bond acceptors (Lipinski definition) is 12. The molecule has 1 atom stereocenters. The smallest absolute Gasteiger partial charge is 0.274 e. The van der Waals surface area contributed by atoms with Gasteiger partial charge in [0.25, 0.3) is 5.91 Å². The number of fused-ring (bicyclic) bond motifs is 2. The number of piperidine rings is 1. The van der Waals surface area contributed by atoms with Crippen molar-refractivity contribution in [3.05, 3.63) is 77.5 Å². The van der Waals surface area contributed by atoms with Crippen molar-refractivity contribution in [1.82, 2.24) is 39.5 Å². The van der Waals surface area contributed by atoms with Crippen LogP contribution in [0.5, 0.6) is 5.75 Å². The van der Waals surface area contributed by atoms with E-state index < -0.39 is 11.5 Å². The molecule has 61 heavy (non-hydrogen) atoms. The van der Waals surface area contributed by atoms with E-state index in [1.54, 1.807) is 45.4 Å². The van der Waals surface area contributed by atoms with Gasteiger partial charge in [-0.05, 0) is 76.3 Å². The molecule has 4 aromatic heterocycles. The molecule has 7 heterocycles. The van der Waals surface area contributed by atoms with Gasteiger partial charge in [-0.2, -0.15) is 15.5 Å². The Labute approximate surface area is 352 Å². The van der Waals surface area contributed by atoms with E-state index in [-0.39, 0.29) is 42.0 Å². The summed E-state index contributed by atoms with van der Waals surface area (Å²) in [5, 5.41) is 35.8. The van der Waals surface area contributed by atoms with Crippen molar-refractivity contribution in [3.8, 4) is 11.8 Å². The van der Waals surface area contributed by atoms with Crippen LogP contribution in [0.3, 0.4) is 0 Å². The molecule has 3 N–H and O–H groups in total. The van der Waals surface area contributed by atoms with Crippen LogP contribution in [0, 0.1) is 17.2 Å². The maximum absolute atomic E-state index is 13.5. The average Bonchev–Trinajstić information content (AvgIpc) is 3.87. The van der Waals surface area contributed by atoms with Crippen LogP contribution in [0.1, 0.15) is 91.6 Å². The van der Waals surface area contributed by atoms with Gasteiger partial charge >= 0.3 is 0 Å². The molecule has 4 amide bonds. The predicted octanol–water partition coefficient (Wildman–Crippen LogP) is 3.72. The molecule has 0 unspecified atom stereocenters. The zero-order chi connectivity index (χ0) is 42.6. The Hall–Kier alpha value is -6.38. The zero-order valence-corrected chi connectivity index (χ0v) is 34.5. The molecule has 1 aromatic carbocycles. The maximum Gasteiger partial charge on any atom is 0.274 e. The molecular formula is C44H49N11O6. The standard InChI is InChI=1S/C44H49N11O6/c1-44(2,60)34-19-35-27(17-36(34)48-42(58)37-10-8-31-16-26(20-45)21-47-55(31)37)25-54(50-35)30-6-4-29(5-7-30)51-12-14-52(15-13-51)43(59)28-23-53(24-28)32-18-38(61-3)40(46-22-32)33-9-11-39(56)49-41(33)57/h8,10,16-19,21-22,25,28-30,33,60H,4-7,9,11-15,23-24H2,1-3H3,(H,48,58)(H,49,56,57)/t29?,30?,33-/m1/s1. The topological polar surface area (TPSA) is 203 Å². The number of piperazine rings is 1. The number of aliphatic hydroxyl groups is 1. The molecule has 1 aliphatic carbocycles. The number of nitriles is 1. The first-order valence-electron chi connectivity index (χ1n) is 21.0. The molecule has 316 valence electrons. The van der Waals surface area contributed by atoms with Gasteiger partial charge in [-0.25, -0.2) is 4.52 Å². The van der Waals surface area contributed by atoms with Gasteiger partial charge in [-0.3, -0.25) is 39.1 Å². The lowest BCUT2D eigenvalue weighted by Crippen LogP contribution is -2.59. The third-order valence-electron chi connectivity index (χ3n) is 12.9. The van der Waals surface area contributed by atoms with Gasteiger partial charge in [0, 0.05) is 80.6 Å². The van der Waals surface area contributed by atoms with E-state index in [4.69, 9.17) is 9.84 Å². The first-order chi connectivity index (χ1) is 29.4. The number of carbonyl (C=O) groups is 4. The second-order valence-corrected chi connectivity index (χ2v) is 17.2. The normalized spacial score (nSPS) is 21.6. The average molecular weight is 828 g/mol. The summed E-state index contributed by atoms with van der Waals surface area (Å²) in [5.74, 6) is -0.956. The van der Waals surface area contributed by atoms with Gasteiger partial charge in [0.1, 0.15) is 17.5 Å². The summed E-state index contributed by atoms with van der Waals surface area (Å²) in [6.45, 7) is 7.65. The third kappa shape index (κ3) is 7.77. The first-order valence-corrected chi connectivity index (χ1v) is 21.0. The highest BCUT2D eigenvalue weighted by atomic mass is 16.5. The fourth-order valence-corrected chi connectivity index (χ4v) is 9.40. The van der Waals surface area contributed by atoms with Crippen molar-refractivity contribution >= 4 is 51.4 Å². The summed E-state index contributed by atoms with van der Waals surface area (Å²) < 4.78 is 9.12. The van der Waals surface area contributed by atoms with Gasteiger partial charge in [0.2, 0.25) is 17.7 Å². The fourth-order valence-electron chi connectivity index (χ4n) is 9.40. The molecule has 1 saturated carbocycles. The van der Waals surface area contributed by atoms with Crippen LogP contribution in [0.2, 0.25) is 0 Å². The number of anilines is 2. The van der Waals surface area contributed by atoms with E-state index in [9.17, 15) is 29.5 Å². The number of aromatic nitrogens is 5. The summed E-state index contributed by atoms with van der Waals surface area (Å²) >= 11 is 0. The van der Waals surface area contributed by atoms with Crippen LogP contribution in [-0.2, 0) is 20.0 Å². The Kier molecular flexibility index (Phi) is 10.4. The van der Waals surface area contributed by atoms with Crippen LogP contribution in [-0.4, -0.2) is 115 Å². The van der Waals surface area contributed by atoms with E-state index in [0.29, 0.717) is 78.1 Å².